The van der Waals surface area contributed by atoms with Crippen LogP contribution in [0.1, 0.15) is 11.1 Å². The lowest BCUT2D eigenvalue weighted by Gasteiger charge is -2.39. The van der Waals surface area contributed by atoms with Gasteiger partial charge in [-0.3, -0.25) is 0 Å². The summed E-state index contributed by atoms with van der Waals surface area (Å²) < 4.78 is 16.3. The predicted molar refractivity (Wildman–Crippen MR) is 112 cm³/mol. The van der Waals surface area contributed by atoms with Crippen molar-refractivity contribution in [1.82, 2.24) is 0 Å². The highest BCUT2D eigenvalue weighted by atomic mass is 16.7. The molecule has 10 nitrogen and oxygen atoms in total. The molecule has 2 heterocycles. The Bertz CT molecular complexity index is 1030. The molecule has 176 valence electrons. The largest absolute Gasteiger partial charge is 0.508 e. The second kappa shape index (κ2) is 9.48. The number of aliphatic hydroxyl groups excluding tert-OH is 5. The maximum atomic E-state index is 12.5. The molecule has 0 aromatic heterocycles. The van der Waals surface area contributed by atoms with Crippen molar-refractivity contribution >= 4 is 11.5 Å². The van der Waals surface area contributed by atoms with Gasteiger partial charge in [-0.05, 0) is 34.9 Å². The van der Waals surface area contributed by atoms with Crippen molar-refractivity contribution in [2.45, 2.75) is 43.2 Å². The minimum atomic E-state index is -1.60. The van der Waals surface area contributed by atoms with E-state index in [0.29, 0.717) is 16.7 Å². The molecular formula is C23H24O10. The molecule has 4 rings (SSSR count). The van der Waals surface area contributed by atoms with Crippen LogP contribution in [0, 0.1) is 0 Å². The summed E-state index contributed by atoms with van der Waals surface area (Å²) in [5.41, 5.74) is 1.41. The standard InChI is InChI=1S/C23H24O10/c24-10-18-20(28)21(29)22(30)23(33-18)31-14-6-3-12-7-16(26)15(9-19(27)32-17(12)8-14)11-1-4-13(25)5-2-11/h1-6,8-9,16,18,20-26,28-30H,7,10H2/t16-,18?,20?,21?,22?,23?/m1/s1. The van der Waals surface area contributed by atoms with Crippen molar-refractivity contribution in [3.05, 3.63) is 59.7 Å². The lowest BCUT2D eigenvalue weighted by molar-refractivity contribution is -0.277. The van der Waals surface area contributed by atoms with Crippen LogP contribution in [0.15, 0.2) is 48.5 Å². The second-order valence-corrected chi connectivity index (χ2v) is 7.87. The van der Waals surface area contributed by atoms with Crippen LogP contribution < -0.4 is 9.47 Å². The van der Waals surface area contributed by atoms with Gasteiger partial charge in [0.25, 0.3) is 0 Å². The molecule has 0 saturated carbocycles. The quantitative estimate of drug-likeness (QED) is 0.258. The number of phenolic OH excluding ortho intramolecular Hbond substituents is 1. The van der Waals surface area contributed by atoms with E-state index < -0.39 is 49.4 Å². The van der Waals surface area contributed by atoms with Gasteiger partial charge >= 0.3 is 5.97 Å². The van der Waals surface area contributed by atoms with E-state index in [1.165, 1.54) is 30.3 Å². The summed E-state index contributed by atoms with van der Waals surface area (Å²) in [5, 5.41) is 59.5. The number of esters is 1. The van der Waals surface area contributed by atoms with Crippen molar-refractivity contribution in [2.75, 3.05) is 6.61 Å². The topological polar surface area (TPSA) is 166 Å². The SMILES string of the molecule is O=C1C=C(c2ccc(O)cc2)[C@H](O)Cc2ccc(OC3OC(CO)C(O)C(O)C3O)cc2O1. The van der Waals surface area contributed by atoms with Crippen LogP contribution in [0.3, 0.4) is 0 Å². The number of rotatable bonds is 4. The van der Waals surface area contributed by atoms with Gasteiger partial charge in [-0.1, -0.05) is 18.2 Å². The number of phenols is 1. The first-order valence-corrected chi connectivity index (χ1v) is 10.3. The molecule has 33 heavy (non-hydrogen) atoms. The van der Waals surface area contributed by atoms with Crippen LogP contribution in [-0.2, 0) is 16.0 Å². The molecule has 0 amide bonds. The highest BCUT2D eigenvalue weighted by Gasteiger charge is 2.44. The molecule has 1 saturated heterocycles. The molecule has 0 aliphatic carbocycles. The fourth-order valence-corrected chi connectivity index (χ4v) is 3.78. The second-order valence-electron chi connectivity index (χ2n) is 7.87. The van der Waals surface area contributed by atoms with Crippen LogP contribution in [0.5, 0.6) is 17.2 Å². The number of hydrogen-bond acceptors (Lipinski definition) is 10. The van der Waals surface area contributed by atoms with Crippen molar-refractivity contribution in [3.63, 3.8) is 0 Å². The molecular weight excluding hydrogens is 436 g/mol. The molecule has 1 fully saturated rings. The zero-order valence-corrected chi connectivity index (χ0v) is 17.3. The van der Waals surface area contributed by atoms with Crippen molar-refractivity contribution in [2.24, 2.45) is 0 Å². The fourth-order valence-electron chi connectivity index (χ4n) is 3.78. The third kappa shape index (κ3) is 4.86. The molecule has 6 atom stereocenters. The number of ether oxygens (including phenoxy) is 3. The van der Waals surface area contributed by atoms with Gasteiger partial charge in [0.15, 0.2) is 0 Å². The van der Waals surface area contributed by atoms with Gasteiger partial charge in [-0.2, -0.15) is 0 Å². The van der Waals surface area contributed by atoms with Gasteiger partial charge < -0.3 is 44.8 Å². The van der Waals surface area contributed by atoms with E-state index in [1.54, 1.807) is 18.2 Å². The van der Waals surface area contributed by atoms with Crippen LogP contribution in [0.2, 0.25) is 0 Å². The molecule has 6 N–H and O–H groups in total. The molecule has 2 aliphatic rings. The van der Waals surface area contributed by atoms with Crippen molar-refractivity contribution in [1.29, 1.82) is 0 Å². The zero-order valence-electron chi connectivity index (χ0n) is 17.3. The highest BCUT2D eigenvalue weighted by Crippen LogP contribution is 2.33. The summed E-state index contributed by atoms with van der Waals surface area (Å²) in [7, 11) is 0. The Morgan fingerprint density at radius 1 is 0.970 bits per heavy atom. The Hall–Kier alpha value is -2.99. The van der Waals surface area contributed by atoms with Crippen LogP contribution in [0.4, 0.5) is 0 Å². The van der Waals surface area contributed by atoms with E-state index in [0.717, 1.165) is 0 Å². The Morgan fingerprint density at radius 2 is 1.70 bits per heavy atom. The summed E-state index contributed by atoms with van der Waals surface area (Å²) >= 11 is 0. The monoisotopic (exact) mass is 460 g/mol. The van der Waals surface area contributed by atoms with E-state index in [2.05, 4.69) is 0 Å². The van der Waals surface area contributed by atoms with Gasteiger partial charge in [0, 0.05) is 18.6 Å². The van der Waals surface area contributed by atoms with Gasteiger partial charge in [0.05, 0.1) is 12.7 Å². The Kier molecular flexibility index (Phi) is 6.66. The molecule has 2 aromatic rings. The summed E-state index contributed by atoms with van der Waals surface area (Å²) in [6.45, 7) is -0.597. The van der Waals surface area contributed by atoms with Gasteiger partial charge in [0.2, 0.25) is 6.29 Å². The minimum Gasteiger partial charge on any atom is -0.508 e. The molecule has 0 spiro atoms. The lowest BCUT2D eigenvalue weighted by atomic mass is 9.94. The van der Waals surface area contributed by atoms with E-state index in [1.807, 2.05) is 0 Å². The van der Waals surface area contributed by atoms with Crippen LogP contribution in [-0.4, -0.2) is 80.0 Å². The number of carbonyl (C=O) groups is 1. The average molecular weight is 460 g/mol. The summed E-state index contributed by atoms with van der Waals surface area (Å²) in [4.78, 5) is 12.5. The maximum Gasteiger partial charge on any atom is 0.336 e. The smallest absolute Gasteiger partial charge is 0.336 e. The Labute approximate surface area is 188 Å². The summed E-state index contributed by atoms with van der Waals surface area (Å²) in [5.74, 6) is -0.423. The molecule has 5 unspecified atom stereocenters. The zero-order chi connectivity index (χ0) is 23.7. The fraction of sp³-hybridized carbons (Fsp3) is 0.348. The number of benzene rings is 2. The molecule has 10 heteroatoms. The number of hydrogen-bond donors (Lipinski definition) is 6. The summed E-state index contributed by atoms with van der Waals surface area (Å²) in [6.07, 6.45) is -6.97. The normalized spacial score (nSPS) is 29.8. The molecule has 0 bridgehead atoms. The average Bonchev–Trinajstić information content (AvgIpc) is 2.79. The predicted octanol–water partition coefficient (Wildman–Crippen LogP) is -0.523. The maximum absolute atomic E-state index is 12.5. The molecule has 0 radical (unpaired) electrons. The number of fused-ring (bicyclic) bond motifs is 1. The molecule has 2 aliphatic heterocycles. The molecule has 2 aromatic carbocycles. The number of aromatic hydroxyl groups is 1. The third-order valence-electron chi connectivity index (χ3n) is 5.60. The van der Waals surface area contributed by atoms with Crippen molar-refractivity contribution in [3.8, 4) is 17.2 Å². The van der Waals surface area contributed by atoms with Crippen molar-refractivity contribution < 1.29 is 49.6 Å². The first-order valence-electron chi connectivity index (χ1n) is 10.3. The first-order chi connectivity index (χ1) is 15.8. The highest BCUT2D eigenvalue weighted by molar-refractivity contribution is 5.94. The van der Waals surface area contributed by atoms with E-state index >= 15 is 0 Å². The Morgan fingerprint density at radius 3 is 2.39 bits per heavy atom. The van der Waals surface area contributed by atoms with E-state index in [-0.39, 0.29) is 23.7 Å². The Balaban J connectivity index is 1.55. The number of carbonyl (C=O) groups excluding carboxylic acids is 1. The van der Waals surface area contributed by atoms with Gasteiger partial charge in [-0.25, -0.2) is 4.79 Å². The minimum absolute atomic E-state index is 0.0551. The third-order valence-corrected chi connectivity index (χ3v) is 5.60. The van der Waals surface area contributed by atoms with Gasteiger partial charge in [0.1, 0.15) is 41.7 Å². The van der Waals surface area contributed by atoms with E-state index in [4.69, 9.17) is 14.2 Å². The number of aliphatic hydroxyl groups is 5. The van der Waals surface area contributed by atoms with Crippen LogP contribution >= 0.6 is 0 Å². The van der Waals surface area contributed by atoms with Gasteiger partial charge in [-0.15, -0.1) is 0 Å². The van der Waals surface area contributed by atoms with Crippen LogP contribution in [0.25, 0.3) is 5.57 Å². The van der Waals surface area contributed by atoms with E-state index in [9.17, 15) is 35.4 Å². The first kappa shape index (κ1) is 23.2. The lowest BCUT2D eigenvalue weighted by Crippen LogP contribution is -2.60. The summed E-state index contributed by atoms with van der Waals surface area (Å²) in [6, 6.07) is 10.5.